The Balaban J connectivity index is 1.41. The monoisotopic (exact) mass is 516 g/mol. The van der Waals surface area contributed by atoms with Crippen molar-refractivity contribution in [2.24, 2.45) is 5.92 Å². The lowest BCUT2D eigenvalue weighted by Gasteiger charge is -2.50. The van der Waals surface area contributed by atoms with E-state index in [4.69, 9.17) is 4.74 Å². The zero-order valence-corrected chi connectivity index (χ0v) is 20.8. The Morgan fingerprint density at radius 2 is 1.65 bits per heavy atom. The fraction of sp³-hybridized carbons (Fsp3) is 0.481. The summed E-state index contributed by atoms with van der Waals surface area (Å²) in [6.45, 7) is 5.44. The molecule has 0 aromatic heterocycles. The Bertz CT molecular complexity index is 1140. The van der Waals surface area contributed by atoms with Crippen LogP contribution >= 0.6 is 0 Å². The molecule has 0 N–H and O–H groups in total. The number of halogens is 3. The first kappa shape index (κ1) is 25.2. The third-order valence-corrected chi connectivity index (χ3v) is 7.60. The summed E-state index contributed by atoms with van der Waals surface area (Å²) in [6.07, 6.45) is -4.58. The Hall–Kier alpha value is -3.43. The molecular formula is C27H31F3N4O3. The molecule has 2 atom stereocenters. The van der Waals surface area contributed by atoms with Crippen molar-refractivity contribution < 1.29 is 27.5 Å². The van der Waals surface area contributed by atoms with Crippen LogP contribution in [0.25, 0.3) is 0 Å². The highest BCUT2D eigenvalue weighted by atomic mass is 19.4. The lowest BCUT2D eigenvalue weighted by Crippen LogP contribution is -2.62. The molecule has 2 aromatic carbocycles. The Labute approximate surface area is 214 Å². The van der Waals surface area contributed by atoms with Crippen LogP contribution in [-0.2, 0) is 22.1 Å². The highest BCUT2D eigenvalue weighted by molar-refractivity contribution is 5.83. The molecule has 2 amide bonds. The molecule has 3 heterocycles. The van der Waals surface area contributed by atoms with Gasteiger partial charge in [0.05, 0.1) is 24.1 Å². The first-order valence-corrected chi connectivity index (χ1v) is 12.7. The number of carbonyl (C=O) groups is 2. The van der Waals surface area contributed by atoms with Gasteiger partial charge in [-0.25, -0.2) is 4.79 Å². The highest BCUT2D eigenvalue weighted by Crippen LogP contribution is 2.40. The molecular weight excluding hydrogens is 485 g/mol. The Morgan fingerprint density at radius 3 is 2.32 bits per heavy atom. The molecule has 7 nitrogen and oxygen atoms in total. The van der Waals surface area contributed by atoms with Gasteiger partial charge in [0.15, 0.2) is 0 Å². The second kappa shape index (κ2) is 10.1. The van der Waals surface area contributed by atoms with Crippen molar-refractivity contribution in [3.05, 3.63) is 59.7 Å². The van der Waals surface area contributed by atoms with Gasteiger partial charge in [-0.2, -0.15) is 13.2 Å². The van der Waals surface area contributed by atoms with E-state index in [2.05, 4.69) is 9.80 Å². The van der Waals surface area contributed by atoms with Crippen molar-refractivity contribution in [2.45, 2.75) is 25.6 Å². The standard InChI is InChI=1S/C27H31F3N4O3/c1-2-37-26(36)32-12-10-31(11-13-32)25(35)22-17-19-16-20(27(28,29)30)8-9-23(19)34-15-14-33(18-24(22)34)21-6-4-3-5-7-21/h3-9,16,22,24H,2,10-15,17-18H2,1H3. The molecule has 2 saturated heterocycles. The number of fused-ring (bicyclic) bond motifs is 3. The molecule has 0 saturated carbocycles. The maximum absolute atomic E-state index is 13.9. The van der Waals surface area contributed by atoms with Gasteiger partial charge in [0.2, 0.25) is 5.91 Å². The summed E-state index contributed by atoms with van der Waals surface area (Å²) >= 11 is 0. The van der Waals surface area contributed by atoms with E-state index in [-0.39, 0.29) is 25.0 Å². The summed E-state index contributed by atoms with van der Waals surface area (Å²) in [5, 5.41) is 0. The summed E-state index contributed by atoms with van der Waals surface area (Å²) in [6, 6.07) is 13.7. The van der Waals surface area contributed by atoms with Crippen LogP contribution in [0.2, 0.25) is 0 Å². The third-order valence-electron chi connectivity index (χ3n) is 7.60. The number of anilines is 2. The zero-order valence-electron chi connectivity index (χ0n) is 20.8. The van der Waals surface area contributed by atoms with Crippen LogP contribution < -0.4 is 9.80 Å². The molecule has 5 rings (SSSR count). The first-order valence-electron chi connectivity index (χ1n) is 12.7. The summed E-state index contributed by atoms with van der Waals surface area (Å²) in [5.41, 5.74) is 1.71. The SMILES string of the molecule is CCOC(=O)N1CCN(C(=O)C2Cc3cc(C(F)(F)F)ccc3N3CCN(c4ccccc4)CC23)CC1. The minimum Gasteiger partial charge on any atom is -0.450 e. The van der Waals surface area contributed by atoms with Crippen molar-refractivity contribution in [3.63, 3.8) is 0 Å². The van der Waals surface area contributed by atoms with Crippen molar-refractivity contribution in [2.75, 3.05) is 62.2 Å². The van der Waals surface area contributed by atoms with Gasteiger partial charge in [-0.15, -0.1) is 0 Å². The van der Waals surface area contributed by atoms with E-state index in [0.717, 1.165) is 17.4 Å². The van der Waals surface area contributed by atoms with E-state index in [1.54, 1.807) is 22.8 Å². The molecule has 2 fully saturated rings. The number of alkyl halides is 3. The fourth-order valence-corrected chi connectivity index (χ4v) is 5.72. The van der Waals surface area contributed by atoms with Crippen LogP contribution in [0.5, 0.6) is 0 Å². The number of amides is 2. The maximum Gasteiger partial charge on any atom is 0.416 e. The number of rotatable bonds is 3. The molecule has 0 aliphatic carbocycles. The van der Waals surface area contributed by atoms with Crippen molar-refractivity contribution >= 4 is 23.4 Å². The van der Waals surface area contributed by atoms with E-state index in [1.807, 2.05) is 30.3 Å². The molecule has 2 unspecified atom stereocenters. The van der Waals surface area contributed by atoms with Gasteiger partial charge < -0.3 is 24.3 Å². The molecule has 0 bridgehead atoms. The predicted octanol–water partition coefficient (Wildman–Crippen LogP) is 3.87. The van der Waals surface area contributed by atoms with Gasteiger partial charge in [-0.3, -0.25) is 4.79 Å². The van der Waals surface area contributed by atoms with Crippen molar-refractivity contribution in [1.29, 1.82) is 0 Å². The van der Waals surface area contributed by atoms with E-state index >= 15 is 0 Å². The van der Waals surface area contributed by atoms with Gasteiger partial charge in [-0.1, -0.05) is 18.2 Å². The highest BCUT2D eigenvalue weighted by Gasteiger charge is 2.44. The van der Waals surface area contributed by atoms with Gasteiger partial charge >= 0.3 is 12.3 Å². The smallest absolute Gasteiger partial charge is 0.416 e. The second-order valence-electron chi connectivity index (χ2n) is 9.71. The van der Waals surface area contributed by atoms with E-state index in [9.17, 15) is 22.8 Å². The minimum atomic E-state index is -4.44. The van der Waals surface area contributed by atoms with Crippen molar-refractivity contribution in [3.8, 4) is 0 Å². The number of nitrogens with zero attached hydrogens (tertiary/aromatic N) is 4. The quantitative estimate of drug-likeness (QED) is 0.620. The van der Waals surface area contributed by atoms with E-state index in [0.29, 0.717) is 51.4 Å². The van der Waals surface area contributed by atoms with Gasteiger partial charge in [-0.05, 0) is 49.2 Å². The van der Waals surface area contributed by atoms with E-state index in [1.165, 1.54) is 6.07 Å². The summed E-state index contributed by atoms with van der Waals surface area (Å²) in [5.74, 6) is -0.562. The number of para-hydroxylation sites is 1. The van der Waals surface area contributed by atoms with Gasteiger partial charge in [0.1, 0.15) is 0 Å². The largest absolute Gasteiger partial charge is 0.450 e. The predicted molar refractivity (Wildman–Crippen MR) is 134 cm³/mol. The lowest BCUT2D eigenvalue weighted by atomic mass is 9.82. The number of ether oxygens (including phenoxy) is 1. The zero-order chi connectivity index (χ0) is 26.2. The van der Waals surface area contributed by atoms with Gasteiger partial charge in [0, 0.05) is 57.2 Å². The Kier molecular flexibility index (Phi) is 6.92. The molecule has 0 radical (unpaired) electrons. The number of benzene rings is 2. The van der Waals surface area contributed by atoms with Crippen LogP contribution in [0.3, 0.4) is 0 Å². The van der Waals surface area contributed by atoms with Crippen molar-refractivity contribution in [1.82, 2.24) is 9.80 Å². The number of piperazine rings is 2. The van der Waals surface area contributed by atoms with Crippen LogP contribution in [0.15, 0.2) is 48.5 Å². The molecule has 3 aliphatic rings. The average Bonchev–Trinajstić information content (AvgIpc) is 2.91. The van der Waals surface area contributed by atoms with Crippen LogP contribution in [0.1, 0.15) is 18.1 Å². The maximum atomic E-state index is 13.9. The van der Waals surface area contributed by atoms with Crippen LogP contribution in [0.4, 0.5) is 29.3 Å². The number of hydrogen-bond acceptors (Lipinski definition) is 5. The molecule has 2 aromatic rings. The second-order valence-corrected chi connectivity index (χ2v) is 9.71. The normalized spacial score (nSPS) is 21.8. The molecule has 10 heteroatoms. The summed E-state index contributed by atoms with van der Waals surface area (Å²) < 4.78 is 45.6. The molecule has 198 valence electrons. The average molecular weight is 517 g/mol. The van der Waals surface area contributed by atoms with E-state index < -0.39 is 23.8 Å². The Morgan fingerprint density at radius 1 is 0.946 bits per heavy atom. The lowest BCUT2D eigenvalue weighted by molar-refractivity contribution is -0.138. The molecule has 37 heavy (non-hydrogen) atoms. The van der Waals surface area contributed by atoms with Gasteiger partial charge in [0.25, 0.3) is 0 Å². The molecule has 0 spiro atoms. The van der Waals surface area contributed by atoms with Crippen LogP contribution in [-0.4, -0.2) is 80.3 Å². The minimum absolute atomic E-state index is 0.0727. The fourth-order valence-electron chi connectivity index (χ4n) is 5.72. The third kappa shape index (κ3) is 5.06. The summed E-state index contributed by atoms with van der Waals surface area (Å²) in [7, 11) is 0. The number of carbonyl (C=O) groups excluding carboxylic acids is 2. The topological polar surface area (TPSA) is 56.3 Å². The number of hydrogen-bond donors (Lipinski definition) is 0. The first-order chi connectivity index (χ1) is 17.8. The van der Waals surface area contributed by atoms with Crippen LogP contribution in [0, 0.1) is 5.92 Å². The molecule has 3 aliphatic heterocycles. The summed E-state index contributed by atoms with van der Waals surface area (Å²) in [4.78, 5) is 33.7.